The summed E-state index contributed by atoms with van der Waals surface area (Å²) in [4.78, 5) is 41.3. The fraction of sp³-hybridized carbons (Fsp3) is 0.409. The van der Waals surface area contributed by atoms with Crippen molar-refractivity contribution in [3.63, 3.8) is 0 Å². The van der Waals surface area contributed by atoms with Crippen molar-refractivity contribution in [3.05, 3.63) is 47.5 Å². The standard InChI is InChI=1S/C22H24N2O4/c1-22(2)14-23(12-13-28-22)18(25)10-5-11-24-20(26)16-8-3-6-15-7-4-9-17(19(15)16)21(24)27/h3-4,6-9H,5,10-14H2,1-2H3. The third-order valence-electron chi connectivity index (χ3n) is 5.41. The Bertz CT molecular complexity index is 915. The summed E-state index contributed by atoms with van der Waals surface area (Å²) in [6.45, 7) is 5.84. The molecule has 0 atom stereocenters. The van der Waals surface area contributed by atoms with Crippen LogP contribution in [-0.4, -0.2) is 59.4 Å². The zero-order valence-electron chi connectivity index (χ0n) is 16.2. The predicted octanol–water partition coefficient (Wildman–Crippen LogP) is 2.85. The smallest absolute Gasteiger partial charge is 0.261 e. The van der Waals surface area contributed by atoms with Crippen molar-refractivity contribution in [2.45, 2.75) is 32.3 Å². The summed E-state index contributed by atoms with van der Waals surface area (Å²) in [5.74, 6) is -0.528. The summed E-state index contributed by atoms with van der Waals surface area (Å²) >= 11 is 0. The first kappa shape index (κ1) is 18.6. The van der Waals surface area contributed by atoms with Crippen LogP contribution in [-0.2, 0) is 9.53 Å². The lowest BCUT2D eigenvalue weighted by Gasteiger charge is -2.38. The summed E-state index contributed by atoms with van der Waals surface area (Å²) in [6, 6.07) is 11.0. The van der Waals surface area contributed by atoms with Crippen LogP contribution in [0.3, 0.4) is 0 Å². The van der Waals surface area contributed by atoms with E-state index in [0.29, 0.717) is 43.7 Å². The van der Waals surface area contributed by atoms with Crippen LogP contribution in [0, 0.1) is 0 Å². The van der Waals surface area contributed by atoms with E-state index in [1.165, 1.54) is 4.90 Å². The predicted molar refractivity (Wildman–Crippen MR) is 105 cm³/mol. The maximum atomic E-state index is 12.9. The van der Waals surface area contributed by atoms with Crippen LogP contribution in [0.4, 0.5) is 0 Å². The average molecular weight is 380 g/mol. The van der Waals surface area contributed by atoms with Gasteiger partial charge in [-0.2, -0.15) is 0 Å². The number of amides is 3. The summed E-state index contributed by atoms with van der Waals surface area (Å²) in [5.41, 5.74) is 0.762. The summed E-state index contributed by atoms with van der Waals surface area (Å²) in [7, 11) is 0. The number of morpholine rings is 1. The number of hydrogen-bond donors (Lipinski definition) is 0. The van der Waals surface area contributed by atoms with Gasteiger partial charge in [0.25, 0.3) is 11.8 Å². The van der Waals surface area contributed by atoms with Crippen LogP contribution in [0.15, 0.2) is 36.4 Å². The zero-order chi connectivity index (χ0) is 19.9. The van der Waals surface area contributed by atoms with Crippen LogP contribution < -0.4 is 0 Å². The minimum absolute atomic E-state index is 0.0378. The van der Waals surface area contributed by atoms with Gasteiger partial charge in [-0.1, -0.05) is 24.3 Å². The van der Waals surface area contributed by atoms with Crippen molar-refractivity contribution in [1.82, 2.24) is 9.80 Å². The molecule has 0 N–H and O–H groups in total. The first-order valence-electron chi connectivity index (χ1n) is 9.67. The lowest BCUT2D eigenvalue weighted by Crippen LogP contribution is -2.50. The molecule has 4 rings (SSSR count). The minimum Gasteiger partial charge on any atom is -0.372 e. The summed E-state index contributed by atoms with van der Waals surface area (Å²) in [6.07, 6.45) is 0.755. The molecule has 2 aliphatic heterocycles. The van der Waals surface area contributed by atoms with Crippen LogP contribution in [0.1, 0.15) is 47.4 Å². The van der Waals surface area contributed by atoms with Gasteiger partial charge < -0.3 is 9.64 Å². The summed E-state index contributed by atoms with van der Waals surface area (Å²) in [5, 5.41) is 1.62. The monoisotopic (exact) mass is 380 g/mol. The van der Waals surface area contributed by atoms with Gasteiger partial charge in [-0.15, -0.1) is 0 Å². The Morgan fingerprint density at radius 3 is 2.32 bits per heavy atom. The molecule has 2 aromatic carbocycles. The molecular weight excluding hydrogens is 356 g/mol. The van der Waals surface area contributed by atoms with E-state index in [0.717, 1.165) is 10.8 Å². The van der Waals surface area contributed by atoms with E-state index in [9.17, 15) is 14.4 Å². The van der Waals surface area contributed by atoms with Gasteiger partial charge in [-0.3, -0.25) is 19.3 Å². The van der Waals surface area contributed by atoms with Crippen molar-refractivity contribution in [1.29, 1.82) is 0 Å². The molecule has 2 heterocycles. The molecule has 0 spiro atoms. The molecule has 3 amide bonds. The normalized spacial score (nSPS) is 18.6. The van der Waals surface area contributed by atoms with E-state index in [1.54, 1.807) is 17.0 Å². The number of rotatable bonds is 4. The van der Waals surface area contributed by atoms with Crippen LogP contribution in [0.25, 0.3) is 10.8 Å². The van der Waals surface area contributed by atoms with Crippen LogP contribution >= 0.6 is 0 Å². The van der Waals surface area contributed by atoms with Crippen molar-refractivity contribution in [2.24, 2.45) is 0 Å². The Hall–Kier alpha value is -2.73. The molecule has 0 radical (unpaired) electrons. The highest BCUT2D eigenvalue weighted by Gasteiger charge is 2.33. The number of imide groups is 1. The van der Waals surface area contributed by atoms with Gasteiger partial charge in [0.05, 0.1) is 12.2 Å². The van der Waals surface area contributed by atoms with Gasteiger partial charge in [0.2, 0.25) is 5.91 Å². The molecule has 0 unspecified atom stereocenters. The van der Waals surface area contributed by atoms with Gasteiger partial charge >= 0.3 is 0 Å². The number of ether oxygens (including phenoxy) is 1. The van der Waals surface area contributed by atoms with Gasteiger partial charge in [0.15, 0.2) is 0 Å². The molecule has 146 valence electrons. The molecule has 1 fully saturated rings. The molecule has 0 bridgehead atoms. The Morgan fingerprint density at radius 2 is 1.71 bits per heavy atom. The van der Waals surface area contributed by atoms with Gasteiger partial charge in [-0.25, -0.2) is 0 Å². The first-order chi connectivity index (χ1) is 13.4. The lowest BCUT2D eigenvalue weighted by atomic mass is 9.94. The van der Waals surface area contributed by atoms with Gasteiger partial charge in [0.1, 0.15) is 0 Å². The molecule has 0 saturated carbocycles. The van der Waals surface area contributed by atoms with Crippen molar-refractivity contribution >= 4 is 28.5 Å². The average Bonchev–Trinajstić information content (AvgIpc) is 2.67. The SMILES string of the molecule is CC1(C)CN(C(=O)CCCN2C(=O)c3cccc4cccc(c34)C2=O)CCO1. The van der Waals surface area contributed by atoms with E-state index in [2.05, 4.69) is 0 Å². The molecule has 1 saturated heterocycles. The van der Waals surface area contributed by atoms with Crippen molar-refractivity contribution in [3.8, 4) is 0 Å². The Kier molecular flexibility index (Phi) is 4.67. The highest BCUT2D eigenvalue weighted by atomic mass is 16.5. The number of benzene rings is 2. The maximum absolute atomic E-state index is 12.9. The third kappa shape index (κ3) is 3.29. The largest absolute Gasteiger partial charge is 0.372 e. The number of carbonyl (C=O) groups is 3. The zero-order valence-corrected chi connectivity index (χ0v) is 16.2. The topological polar surface area (TPSA) is 66.9 Å². The molecule has 6 heteroatoms. The highest BCUT2D eigenvalue weighted by molar-refractivity contribution is 6.25. The van der Waals surface area contributed by atoms with E-state index in [-0.39, 0.29) is 29.9 Å². The molecule has 6 nitrogen and oxygen atoms in total. The van der Waals surface area contributed by atoms with Crippen molar-refractivity contribution in [2.75, 3.05) is 26.2 Å². The first-order valence-corrected chi connectivity index (χ1v) is 9.67. The molecule has 2 aromatic rings. The lowest BCUT2D eigenvalue weighted by molar-refractivity contribution is -0.146. The third-order valence-corrected chi connectivity index (χ3v) is 5.41. The van der Waals surface area contributed by atoms with Gasteiger partial charge in [0, 0.05) is 42.6 Å². The van der Waals surface area contributed by atoms with E-state index in [4.69, 9.17) is 4.74 Å². The number of nitrogens with zero attached hydrogens (tertiary/aromatic N) is 2. The molecular formula is C22H24N2O4. The molecule has 2 aliphatic rings. The minimum atomic E-state index is -0.338. The van der Waals surface area contributed by atoms with Crippen molar-refractivity contribution < 1.29 is 19.1 Å². The number of carbonyl (C=O) groups excluding carboxylic acids is 3. The Morgan fingerprint density at radius 1 is 1.07 bits per heavy atom. The molecule has 0 aromatic heterocycles. The van der Waals surface area contributed by atoms with Crippen LogP contribution in [0.2, 0.25) is 0 Å². The van der Waals surface area contributed by atoms with E-state index < -0.39 is 0 Å². The quantitative estimate of drug-likeness (QED) is 0.765. The molecule has 0 aliphatic carbocycles. The Labute approximate surface area is 164 Å². The summed E-state index contributed by atoms with van der Waals surface area (Å²) < 4.78 is 5.64. The second-order valence-electron chi connectivity index (χ2n) is 8.00. The second-order valence-corrected chi connectivity index (χ2v) is 8.00. The van der Waals surface area contributed by atoms with Gasteiger partial charge in [-0.05, 0) is 37.8 Å². The molecule has 28 heavy (non-hydrogen) atoms. The van der Waals surface area contributed by atoms with E-state index >= 15 is 0 Å². The fourth-order valence-electron chi connectivity index (χ4n) is 4.06. The number of hydrogen-bond acceptors (Lipinski definition) is 4. The maximum Gasteiger partial charge on any atom is 0.261 e. The highest BCUT2D eigenvalue weighted by Crippen LogP contribution is 2.30. The van der Waals surface area contributed by atoms with Crippen LogP contribution in [0.5, 0.6) is 0 Å². The van der Waals surface area contributed by atoms with E-state index in [1.807, 2.05) is 38.1 Å². The second kappa shape index (κ2) is 7.02. The fourth-order valence-corrected chi connectivity index (χ4v) is 4.06. The Balaban J connectivity index is 1.44.